The first-order valence-electron chi connectivity index (χ1n) is 4.38. The first-order valence-corrected chi connectivity index (χ1v) is 4.38. The lowest BCUT2D eigenvalue weighted by Gasteiger charge is -2.36. The molecule has 0 amide bonds. The molecular weight excluding hydrogens is 176 g/mol. The molecule has 74 valence electrons. The summed E-state index contributed by atoms with van der Waals surface area (Å²) >= 11 is 0. The Labute approximate surface area is 84.4 Å². The molecule has 0 aromatic carbocycles. The topological polar surface area (TPSA) is 45.0 Å². The first kappa shape index (κ1) is 10.6. The molecule has 0 spiro atoms. The molecule has 0 aromatic rings. The van der Waals surface area contributed by atoms with Crippen LogP contribution >= 0.6 is 0 Å². The third-order valence-electron chi connectivity index (χ3n) is 1.88. The van der Waals surface area contributed by atoms with Crippen LogP contribution in [0.5, 0.6) is 0 Å². The number of rotatable bonds is 4. The Hall–Kier alpha value is -1.53. The molecule has 14 heavy (non-hydrogen) atoms. The smallest absolute Gasteiger partial charge is 0.172 e. The number of nitriles is 1. The minimum absolute atomic E-state index is 0.420. The van der Waals surface area contributed by atoms with Crippen molar-refractivity contribution in [1.29, 1.82) is 5.26 Å². The summed E-state index contributed by atoms with van der Waals surface area (Å²) in [5, 5.41) is 11.9. The number of hydrogen-bond acceptors (Lipinski definition) is 3. The van der Waals surface area contributed by atoms with Gasteiger partial charge in [0.05, 0.1) is 19.3 Å². The van der Waals surface area contributed by atoms with Gasteiger partial charge in [-0.05, 0) is 13.0 Å². The molecule has 1 saturated heterocycles. The second kappa shape index (κ2) is 4.12. The molecule has 1 N–H and O–H groups in total. The van der Waals surface area contributed by atoms with Crippen molar-refractivity contribution in [3.05, 3.63) is 36.6 Å². The van der Waals surface area contributed by atoms with Gasteiger partial charge in [-0.25, -0.2) is 0 Å². The molecule has 0 saturated carbocycles. The highest BCUT2D eigenvalue weighted by molar-refractivity contribution is 5.26. The van der Waals surface area contributed by atoms with Crippen LogP contribution < -0.4 is 5.32 Å². The van der Waals surface area contributed by atoms with E-state index in [1.165, 1.54) is 0 Å². The van der Waals surface area contributed by atoms with Crippen LogP contribution in [-0.2, 0) is 4.74 Å². The van der Waals surface area contributed by atoms with Gasteiger partial charge in [0.15, 0.2) is 5.54 Å². The molecule has 1 aliphatic rings. The van der Waals surface area contributed by atoms with E-state index in [4.69, 9.17) is 10.00 Å². The van der Waals surface area contributed by atoms with Gasteiger partial charge in [-0.15, -0.1) is 0 Å². The summed E-state index contributed by atoms with van der Waals surface area (Å²) in [5.74, 6) is 0. The molecular formula is C11H14N2O. The van der Waals surface area contributed by atoms with Crippen LogP contribution in [-0.4, -0.2) is 18.8 Å². The number of nitrogens with zero attached hydrogens (tertiary/aromatic N) is 1. The Balaban J connectivity index is 2.49. The van der Waals surface area contributed by atoms with Crippen LogP contribution in [0, 0.1) is 11.3 Å². The van der Waals surface area contributed by atoms with Gasteiger partial charge in [0.1, 0.15) is 0 Å². The molecule has 0 atom stereocenters. The third kappa shape index (κ3) is 2.48. The van der Waals surface area contributed by atoms with Crippen LogP contribution in [0.1, 0.15) is 6.92 Å². The second-order valence-corrected chi connectivity index (χ2v) is 3.52. The Bertz CT molecular complexity index is 319. The minimum Gasteiger partial charge on any atom is -0.374 e. The summed E-state index contributed by atoms with van der Waals surface area (Å²) in [4.78, 5) is 0. The monoisotopic (exact) mass is 190 g/mol. The lowest BCUT2D eigenvalue weighted by atomic mass is 9.99. The van der Waals surface area contributed by atoms with Crippen molar-refractivity contribution in [3.8, 4) is 6.07 Å². The van der Waals surface area contributed by atoms with Crippen molar-refractivity contribution in [1.82, 2.24) is 5.32 Å². The normalized spacial score (nSPS) is 18.3. The van der Waals surface area contributed by atoms with Crippen LogP contribution in [0.2, 0.25) is 0 Å². The van der Waals surface area contributed by atoms with Gasteiger partial charge in [0.2, 0.25) is 0 Å². The van der Waals surface area contributed by atoms with Crippen LogP contribution in [0.4, 0.5) is 0 Å². The van der Waals surface area contributed by atoms with Crippen molar-refractivity contribution >= 4 is 0 Å². The molecule has 0 bridgehead atoms. The summed E-state index contributed by atoms with van der Waals surface area (Å²) in [6.45, 7) is 10.3. The van der Waals surface area contributed by atoms with E-state index in [0.29, 0.717) is 18.9 Å². The fraction of sp³-hybridized carbons (Fsp3) is 0.364. The number of allylic oxidation sites excluding steroid dienone is 3. The molecule has 1 fully saturated rings. The van der Waals surface area contributed by atoms with Crippen molar-refractivity contribution in [2.24, 2.45) is 0 Å². The van der Waals surface area contributed by atoms with Gasteiger partial charge >= 0.3 is 0 Å². The molecule has 0 aromatic heterocycles. The fourth-order valence-corrected chi connectivity index (χ4v) is 1.06. The van der Waals surface area contributed by atoms with E-state index in [0.717, 1.165) is 5.57 Å². The van der Waals surface area contributed by atoms with Crippen molar-refractivity contribution in [2.75, 3.05) is 13.2 Å². The van der Waals surface area contributed by atoms with E-state index >= 15 is 0 Å². The van der Waals surface area contributed by atoms with Gasteiger partial charge in [0.25, 0.3) is 0 Å². The predicted molar refractivity (Wildman–Crippen MR) is 55.4 cm³/mol. The Kier molecular flexibility index (Phi) is 3.10. The van der Waals surface area contributed by atoms with Crippen molar-refractivity contribution < 1.29 is 4.74 Å². The molecule has 0 unspecified atom stereocenters. The highest BCUT2D eigenvalue weighted by atomic mass is 16.5. The minimum atomic E-state index is -0.573. The Morgan fingerprint density at radius 2 is 2.14 bits per heavy atom. The van der Waals surface area contributed by atoms with E-state index in [-0.39, 0.29) is 0 Å². The molecule has 3 heteroatoms. The summed E-state index contributed by atoms with van der Waals surface area (Å²) in [5.41, 5.74) is 1.08. The second-order valence-electron chi connectivity index (χ2n) is 3.52. The SMILES string of the molecule is C=C(C)/C=C\C(=C)NC1(C#N)COC1. The first-order chi connectivity index (χ1) is 6.58. The maximum atomic E-state index is 8.89. The summed E-state index contributed by atoms with van der Waals surface area (Å²) < 4.78 is 4.99. The average Bonchev–Trinajstić information content (AvgIpc) is 2.08. The van der Waals surface area contributed by atoms with Gasteiger partial charge in [-0.1, -0.05) is 24.8 Å². The maximum Gasteiger partial charge on any atom is 0.172 e. The number of hydrogen-bond donors (Lipinski definition) is 1. The molecule has 1 rings (SSSR count). The average molecular weight is 190 g/mol. The highest BCUT2D eigenvalue weighted by Crippen LogP contribution is 2.17. The lowest BCUT2D eigenvalue weighted by Crippen LogP contribution is -2.58. The standard InChI is InChI=1S/C11H14N2O/c1-9(2)4-5-10(3)13-11(6-12)7-14-8-11/h4-5,13H,1,3,7-8H2,2H3/b5-4-. The van der Waals surface area contributed by atoms with E-state index in [9.17, 15) is 0 Å². The van der Waals surface area contributed by atoms with Crippen LogP contribution in [0.3, 0.4) is 0 Å². The number of nitrogens with one attached hydrogen (secondary N) is 1. The van der Waals surface area contributed by atoms with E-state index in [1.807, 2.05) is 13.0 Å². The van der Waals surface area contributed by atoms with Gasteiger partial charge in [-0.3, -0.25) is 0 Å². The molecule has 0 radical (unpaired) electrons. The molecule has 3 nitrogen and oxygen atoms in total. The maximum absolute atomic E-state index is 8.89. The summed E-state index contributed by atoms with van der Waals surface area (Å²) in [7, 11) is 0. The quantitative estimate of drug-likeness (QED) is 0.683. The summed E-state index contributed by atoms with van der Waals surface area (Å²) in [6.07, 6.45) is 3.65. The zero-order valence-electron chi connectivity index (χ0n) is 8.34. The molecule has 1 aliphatic heterocycles. The highest BCUT2D eigenvalue weighted by Gasteiger charge is 2.38. The number of ether oxygens (including phenoxy) is 1. The van der Waals surface area contributed by atoms with Crippen molar-refractivity contribution in [2.45, 2.75) is 12.5 Å². The zero-order valence-corrected chi connectivity index (χ0v) is 8.34. The molecule has 1 heterocycles. The Morgan fingerprint density at radius 1 is 1.50 bits per heavy atom. The fourth-order valence-electron chi connectivity index (χ4n) is 1.06. The van der Waals surface area contributed by atoms with E-state index in [2.05, 4.69) is 24.5 Å². The Morgan fingerprint density at radius 3 is 2.50 bits per heavy atom. The lowest BCUT2D eigenvalue weighted by molar-refractivity contribution is -0.0382. The van der Waals surface area contributed by atoms with Crippen LogP contribution in [0.25, 0.3) is 0 Å². The largest absolute Gasteiger partial charge is 0.374 e. The van der Waals surface area contributed by atoms with E-state index in [1.54, 1.807) is 6.08 Å². The summed E-state index contributed by atoms with van der Waals surface area (Å²) in [6, 6.07) is 2.18. The predicted octanol–water partition coefficient (Wildman–Crippen LogP) is 1.51. The zero-order chi connectivity index (χ0) is 10.6. The van der Waals surface area contributed by atoms with Gasteiger partial charge in [-0.2, -0.15) is 5.26 Å². The van der Waals surface area contributed by atoms with Gasteiger partial charge in [0, 0.05) is 5.70 Å². The third-order valence-corrected chi connectivity index (χ3v) is 1.88. The van der Waals surface area contributed by atoms with Crippen molar-refractivity contribution in [3.63, 3.8) is 0 Å². The van der Waals surface area contributed by atoms with Gasteiger partial charge < -0.3 is 10.1 Å². The van der Waals surface area contributed by atoms with Crippen LogP contribution in [0.15, 0.2) is 36.6 Å². The van der Waals surface area contributed by atoms with E-state index < -0.39 is 5.54 Å². The molecule has 0 aliphatic carbocycles.